The van der Waals surface area contributed by atoms with Gasteiger partial charge < -0.3 is 11.1 Å². The predicted molar refractivity (Wildman–Crippen MR) is 127 cm³/mol. The molecule has 0 saturated carbocycles. The lowest BCUT2D eigenvalue weighted by Crippen LogP contribution is -2.64. The number of hydrogen-bond acceptors (Lipinski definition) is 7. The van der Waals surface area contributed by atoms with Crippen LogP contribution >= 0.6 is 0 Å². The molecule has 3 aliphatic heterocycles. The van der Waals surface area contributed by atoms with Crippen LogP contribution in [0.4, 0.5) is 10.2 Å². The van der Waals surface area contributed by atoms with Crippen molar-refractivity contribution in [3.05, 3.63) is 36.2 Å². The third kappa shape index (κ3) is 3.78. The Kier molecular flexibility index (Phi) is 5.27. The summed E-state index contributed by atoms with van der Waals surface area (Å²) in [5.41, 5.74) is 9.68. The average molecular weight is 451 g/mol. The Labute approximate surface area is 193 Å². The van der Waals surface area contributed by atoms with Crippen molar-refractivity contribution in [3.8, 4) is 11.3 Å². The van der Waals surface area contributed by atoms with E-state index in [1.807, 2.05) is 31.2 Å². The molecule has 3 aliphatic rings. The fourth-order valence-electron chi connectivity index (χ4n) is 5.43. The molecule has 0 unspecified atom stereocenters. The molecule has 2 atom stereocenters. The van der Waals surface area contributed by atoms with Crippen LogP contribution in [0.15, 0.2) is 30.6 Å². The van der Waals surface area contributed by atoms with Crippen LogP contribution in [0.1, 0.15) is 18.0 Å². The van der Waals surface area contributed by atoms with Gasteiger partial charge in [-0.05, 0) is 19.3 Å². The van der Waals surface area contributed by atoms with Gasteiger partial charge in [0, 0.05) is 57.4 Å². The van der Waals surface area contributed by atoms with Crippen molar-refractivity contribution in [2.24, 2.45) is 5.92 Å². The number of aromatic nitrogens is 4. The number of anilines is 1. The first-order chi connectivity index (χ1) is 16.1. The topological polar surface area (TPSA) is 88.1 Å². The third-order valence-electron chi connectivity index (χ3n) is 7.53. The van der Waals surface area contributed by atoms with E-state index in [4.69, 9.17) is 10.8 Å². The number of rotatable bonds is 5. The summed E-state index contributed by atoms with van der Waals surface area (Å²) in [6, 6.07) is 8.24. The van der Waals surface area contributed by atoms with E-state index in [-0.39, 0.29) is 6.04 Å². The molecule has 3 fully saturated rings. The van der Waals surface area contributed by atoms with Crippen molar-refractivity contribution < 1.29 is 4.39 Å². The first-order valence-electron chi connectivity index (χ1n) is 11.9. The highest BCUT2D eigenvalue weighted by Gasteiger charge is 2.40. The van der Waals surface area contributed by atoms with E-state index in [0.717, 1.165) is 49.9 Å². The number of nitrogens with one attached hydrogen (secondary N) is 1. The molecule has 0 aliphatic carbocycles. The van der Waals surface area contributed by atoms with E-state index in [0.29, 0.717) is 35.9 Å². The van der Waals surface area contributed by atoms with Crippen LogP contribution < -0.4 is 11.1 Å². The fraction of sp³-hybridized carbons (Fsp3) is 0.542. The molecule has 3 aromatic rings. The van der Waals surface area contributed by atoms with E-state index < -0.39 is 6.17 Å². The first-order valence-corrected chi connectivity index (χ1v) is 11.9. The highest BCUT2D eigenvalue weighted by atomic mass is 19.1. The van der Waals surface area contributed by atoms with Crippen molar-refractivity contribution in [1.29, 1.82) is 0 Å². The third-order valence-corrected chi connectivity index (χ3v) is 7.53. The summed E-state index contributed by atoms with van der Waals surface area (Å²) >= 11 is 0. The molecule has 0 spiro atoms. The second-order valence-electron chi connectivity index (χ2n) is 9.88. The largest absolute Gasteiger partial charge is 0.383 e. The van der Waals surface area contributed by atoms with Gasteiger partial charge in [-0.2, -0.15) is 5.10 Å². The number of aryl methyl sites for hydroxylation is 1. The molecule has 0 radical (unpaired) electrons. The van der Waals surface area contributed by atoms with Gasteiger partial charge in [0.15, 0.2) is 5.65 Å². The van der Waals surface area contributed by atoms with E-state index in [1.54, 1.807) is 4.68 Å². The van der Waals surface area contributed by atoms with Crippen LogP contribution in [0.25, 0.3) is 22.3 Å². The second-order valence-corrected chi connectivity index (χ2v) is 9.88. The van der Waals surface area contributed by atoms with Crippen LogP contribution in [0.5, 0.6) is 0 Å². The second kappa shape index (κ2) is 8.30. The van der Waals surface area contributed by atoms with Crippen LogP contribution in [0.3, 0.4) is 0 Å². The van der Waals surface area contributed by atoms with Crippen LogP contribution in [0.2, 0.25) is 0 Å². The van der Waals surface area contributed by atoms with Crippen molar-refractivity contribution >= 4 is 16.9 Å². The standard InChI is InChI=1S/C24H31FN8/c1-15-2-4-17(5-3-15)22-21-23(26)28-14-29-24(21)33(30-22)20-6-7-32(13-19(20)25)18-11-31(12-18)10-16-8-27-9-16/h2-5,14,16,18-20,27H,6-13H2,1H3,(H2,26,28,29)/t19-,20+/m0/s1. The quantitative estimate of drug-likeness (QED) is 0.614. The van der Waals surface area contributed by atoms with Gasteiger partial charge in [-0.1, -0.05) is 29.8 Å². The Balaban J connectivity index is 1.21. The molecule has 8 nitrogen and oxygen atoms in total. The highest BCUT2D eigenvalue weighted by Crippen LogP contribution is 2.36. The Morgan fingerprint density at radius 3 is 2.61 bits per heavy atom. The molecule has 3 N–H and O–H groups in total. The number of benzene rings is 1. The summed E-state index contributed by atoms with van der Waals surface area (Å²) in [4.78, 5) is 13.5. The number of hydrogen-bond donors (Lipinski definition) is 2. The van der Waals surface area contributed by atoms with Gasteiger partial charge in [0.05, 0.1) is 11.4 Å². The zero-order chi connectivity index (χ0) is 22.5. The summed E-state index contributed by atoms with van der Waals surface area (Å²) in [6.45, 7) is 8.91. The molecule has 0 amide bonds. The summed E-state index contributed by atoms with van der Waals surface area (Å²) in [7, 11) is 0. The average Bonchev–Trinajstić information content (AvgIpc) is 3.13. The Morgan fingerprint density at radius 2 is 1.91 bits per heavy atom. The maximum Gasteiger partial charge on any atom is 0.164 e. The lowest BCUT2D eigenvalue weighted by molar-refractivity contribution is -0.0201. The number of alkyl halides is 1. The number of nitrogens with zero attached hydrogens (tertiary/aromatic N) is 6. The van der Waals surface area contributed by atoms with Crippen LogP contribution in [0, 0.1) is 12.8 Å². The predicted octanol–water partition coefficient (Wildman–Crippen LogP) is 1.87. The number of likely N-dealkylation sites (tertiary alicyclic amines) is 2. The Hall–Kier alpha value is -2.62. The molecule has 9 heteroatoms. The molecule has 174 valence electrons. The molecule has 3 saturated heterocycles. The van der Waals surface area contributed by atoms with Crippen molar-refractivity contribution in [2.75, 3.05) is 51.5 Å². The summed E-state index contributed by atoms with van der Waals surface area (Å²) in [5.74, 6) is 1.17. The van der Waals surface area contributed by atoms with Crippen molar-refractivity contribution in [1.82, 2.24) is 34.9 Å². The maximum atomic E-state index is 15.6. The molecular weight excluding hydrogens is 419 g/mol. The first kappa shape index (κ1) is 20.9. The van der Waals surface area contributed by atoms with E-state index >= 15 is 4.39 Å². The molecule has 2 aromatic heterocycles. The molecule has 1 aromatic carbocycles. The lowest BCUT2D eigenvalue weighted by atomic mass is 9.96. The van der Waals surface area contributed by atoms with Gasteiger partial charge >= 0.3 is 0 Å². The number of nitrogens with two attached hydrogens (primary N) is 1. The number of fused-ring (bicyclic) bond motifs is 1. The Bertz CT molecular complexity index is 1140. The summed E-state index contributed by atoms with van der Waals surface area (Å²) < 4.78 is 17.3. The minimum atomic E-state index is -1.01. The minimum Gasteiger partial charge on any atom is -0.383 e. The van der Waals surface area contributed by atoms with Gasteiger partial charge in [-0.3, -0.25) is 9.80 Å². The normalized spacial score (nSPS) is 25.3. The SMILES string of the molecule is Cc1ccc(-c2nn([C@@H]3CCN(C4CN(CC5CNC5)C4)C[C@@H]3F)c3ncnc(N)c23)cc1. The number of nitrogen functional groups attached to an aromatic ring is 1. The number of piperidine rings is 1. The molecule has 0 bridgehead atoms. The summed E-state index contributed by atoms with van der Waals surface area (Å²) in [5, 5.41) is 8.89. The van der Waals surface area contributed by atoms with E-state index in [9.17, 15) is 0 Å². The van der Waals surface area contributed by atoms with Gasteiger partial charge in [-0.25, -0.2) is 19.0 Å². The summed E-state index contributed by atoms with van der Waals surface area (Å²) in [6.07, 6.45) is 1.14. The van der Waals surface area contributed by atoms with Crippen LogP contribution in [-0.4, -0.2) is 87.6 Å². The van der Waals surface area contributed by atoms with E-state index in [2.05, 4.69) is 25.1 Å². The fourth-order valence-corrected chi connectivity index (χ4v) is 5.43. The molecule has 6 rings (SSSR count). The molecule has 33 heavy (non-hydrogen) atoms. The van der Waals surface area contributed by atoms with Gasteiger partial charge in [-0.15, -0.1) is 0 Å². The molecule has 5 heterocycles. The lowest BCUT2D eigenvalue weighted by Gasteiger charge is -2.49. The van der Waals surface area contributed by atoms with E-state index in [1.165, 1.54) is 18.4 Å². The Morgan fingerprint density at radius 1 is 1.12 bits per heavy atom. The smallest absolute Gasteiger partial charge is 0.164 e. The van der Waals surface area contributed by atoms with Crippen LogP contribution in [-0.2, 0) is 0 Å². The highest BCUT2D eigenvalue weighted by molar-refractivity contribution is 5.98. The zero-order valence-corrected chi connectivity index (χ0v) is 19.0. The molecular formula is C24H31FN8. The maximum absolute atomic E-state index is 15.6. The minimum absolute atomic E-state index is 0.352. The van der Waals surface area contributed by atoms with Gasteiger partial charge in [0.25, 0.3) is 0 Å². The zero-order valence-electron chi connectivity index (χ0n) is 19.0. The van der Waals surface area contributed by atoms with Gasteiger partial charge in [0.2, 0.25) is 0 Å². The monoisotopic (exact) mass is 450 g/mol. The van der Waals surface area contributed by atoms with Crippen molar-refractivity contribution in [2.45, 2.75) is 31.6 Å². The number of halogens is 1. The van der Waals surface area contributed by atoms with Crippen molar-refractivity contribution in [3.63, 3.8) is 0 Å². The van der Waals surface area contributed by atoms with Gasteiger partial charge in [0.1, 0.15) is 24.0 Å².